The maximum Gasteiger partial charge on any atom is 0.255 e. The summed E-state index contributed by atoms with van der Waals surface area (Å²) in [5, 5.41) is 3.07. The van der Waals surface area contributed by atoms with Crippen LogP contribution in [-0.2, 0) is 0 Å². The molecule has 1 saturated heterocycles. The van der Waals surface area contributed by atoms with Gasteiger partial charge in [-0.3, -0.25) is 9.78 Å². The van der Waals surface area contributed by atoms with Gasteiger partial charge in [-0.1, -0.05) is 0 Å². The zero-order valence-corrected chi connectivity index (χ0v) is 16.4. The van der Waals surface area contributed by atoms with Crippen molar-refractivity contribution in [3.05, 3.63) is 46.1 Å². The van der Waals surface area contributed by atoms with E-state index in [0.29, 0.717) is 30.3 Å². The fourth-order valence-corrected chi connectivity index (χ4v) is 3.42. The number of hydrogen-bond acceptors (Lipinski definition) is 5. The second-order valence-corrected chi connectivity index (χ2v) is 7.55. The van der Waals surface area contributed by atoms with Gasteiger partial charge in [-0.25, -0.2) is 14.4 Å². The maximum absolute atomic E-state index is 15.1. The number of anilines is 1. The number of nitrogens with zero attached hydrogens (tertiary/aromatic N) is 4. The molecule has 138 valence electrons. The van der Waals surface area contributed by atoms with Crippen molar-refractivity contribution in [1.82, 2.24) is 19.9 Å². The molecule has 0 aliphatic carbocycles. The van der Waals surface area contributed by atoms with Gasteiger partial charge in [0.2, 0.25) is 0 Å². The van der Waals surface area contributed by atoms with Crippen LogP contribution in [0.4, 0.5) is 10.2 Å². The molecule has 0 atom stereocenters. The van der Waals surface area contributed by atoms with E-state index in [1.807, 2.05) is 13.8 Å². The summed E-state index contributed by atoms with van der Waals surface area (Å²) in [6.45, 7) is 4.62. The molecule has 2 aromatic heterocycles. The Hall–Kier alpha value is -2.09. The number of carbonyl (C=O) groups excluding carboxylic acids is 1. The summed E-state index contributed by atoms with van der Waals surface area (Å²) in [5.41, 5.74) is -0.00857. The van der Waals surface area contributed by atoms with Crippen molar-refractivity contribution in [1.29, 1.82) is 0 Å². The van der Waals surface area contributed by atoms with Crippen LogP contribution in [0.25, 0.3) is 0 Å². The highest BCUT2D eigenvalue weighted by atomic mass is 79.9. The van der Waals surface area contributed by atoms with Crippen molar-refractivity contribution in [3.8, 4) is 0 Å². The quantitative estimate of drug-likeness (QED) is 0.819. The van der Waals surface area contributed by atoms with E-state index >= 15 is 4.39 Å². The van der Waals surface area contributed by atoms with Gasteiger partial charge in [-0.2, -0.15) is 0 Å². The standard InChI is InChI=1S/C18H21BrFN5O/c1-12-7-16(24-13(2)23-12)22-11-18(20)3-5-25(6-4-18)17(26)14-8-15(19)10-21-9-14/h7-10H,3-6,11H2,1-2H3,(H,22,23,24). The molecule has 2 aromatic rings. The van der Waals surface area contributed by atoms with Gasteiger partial charge in [0.05, 0.1) is 12.1 Å². The average molecular weight is 422 g/mol. The van der Waals surface area contributed by atoms with Crippen LogP contribution in [0.5, 0.6) is 0 Å². The van der Waals surface area contributed by atoms with Crippen molar-refractivity contribution in [2.45, 2.75) is 32.4 Å². The minimum Gasteiger partial charge on any atom is -0.367 e. The number of nitrogens with one attached hydrogen (secondary N) is 1. The zero-order chi connectivity index (χ0) is 18.7. The lowest BCUT2D eigenvalue weighted by molar-refractivity contribution is 0.0483. The second-order valence-electron chi connectivity index (χ2n) is 6.63. The topological polar surface area (TPSA) is 71.0 Å². The summed E-state index contributed by atoms with van der Waals surface area (Å²) < 4.78 is 15.8. The summed E-state index contributed by atoms with van der Waals surface area (Å²) in [4.78, 5) is 26.7. The Morgan fingerprint density at radius 3 is 2.65 bits per heavy atom. The number of piperidine rings is 1. The largest absolute Gasteiger partial charge is 0.367 e. The SMILES string of the molecule is Cc1cc(NCC2(F)CCN(C(=O)c3cncc(Br)c3)CC2)nc(C)n1. The highest BCUT2D eigenvalue weighted by Gasteiger charge is 2.36. The van der Waals surface area contributed by atoms with Crippen LogP contribution in [-0.4, -0.2) is 51.1 Å². The average Bonchev–Trinajstić information content (AvgIpc) is 2.59. The predicted octanol–water partition coefficient (Wildman–Crippen LogP) is 3.31. The van der Waals surface area contributed by atoms with Gasteiger partial charge in [0.15, 0.2) is 0 Å². The normalized spacial score (nSPS) is 16.4. The number of rotatable bonds is 4. The molecular formula is C18H21BrFN5O. The first-order chi connectivity index (χ1) is 12.3. The Morgan fingerprint density at radius 1 is 1.27 bits per heavy atom. The van der Waals surface area contributed by atoms with Gasteiger partial charge in [-0.05, 0) is 35.8 Å². The van der Waals surface area contributed by atoms with Crippen LogP contribution in [0, 0.1) is 13.8 Å². The van der Waals surface area contributed by atoms with Gasteiger partial charge in [0, 0.05) is 54.6 Å². The molecule has 0 unspecified atom stereocenters. The van der Waals surface area contributed by atoms with Crippen LogP contribution in [0.2, 0.25) is 0 Å². The third kappa shape index (κ3) is 4.55. The third-order valence-corrected chi connectivity index (χ3v) is 4.88. The number of alkyl halides is 1. The second kappa shape index (κ2) is 7.65. The Morgan fingerprint density at radius 2 is 2.00 bits per heavy atom. The van der Waals surface area contributed by atoms with Crippen molar-refractivity contribution in [2.75, 3.05) is 25.0 Å². The van der Waals surface area contributed by atoms with E-state index in [-0.39, 0.29) is 25.3 Å². The Kier molecular flexibility index (Phi) is 5.50. The molecule has 0 aromatic carbocycles. The molecule has 8 heteroatoms. The molecule has 1 N–H and O–H groups in total. The Balaban J connectivity index is 1.57. The Labute approximate surface area is 160 Å². The van der Waals surface area contributed by atoms with Crippen molar-refractivity contribution >= 4 is 27.7 Å². The van der Waals surface area contributed by atoms with Crippen LogP contribution >= 0.6 is 15.9 Å². The lowest BCUT2D eigenvalue weighted by atomic mass is 9.93. The number of amides is 1. The molecule has 6 nitrogen and oxygen atoms in total. The molecule has 1 fully saturated rings. The summed E-state index contributed by atoms with van der Waals surface area (Å²) in [6, 6.07) is 3.53. The fourth-order valence-electron chi connectivity index (χ4n) is 3.06. The van der Waals surface area contributed by atoms with Gasteiger partial charge >= 0.3 is 0 Å². The minimum absolute atomic E-state index is 0.115. The van der Waals surface area contributed by atoms with Crippen LogP contribution < -0.4 is 5.32 Å². The summed E-state index contributed by atoms with van der Waals surface area (Å²) in [6.07, 6.45) is 3.74. The van der Waals surface area contributed by atoms with E-state index in [0.717, 1.165) is 10.2 Å². The number of hydrogen-bond donors (Lipinski definition) is 1. The molecule has 3 heterocycles. The molecule has 0 spiro atoms. The van der Waals surface area contributed by atoms with E-state index in [9.17, 15) is 4.79 Å². The van der Waals surface area contributed by atoms with Crippen molar-refractivity contribution in [2.24, 2.45) is 0 Å². The third-order valence-electron chi connectivity index (χ3n) is 4.45. The lowest BCUT2D eigenvalue weighted by Crippen LogP contribution is -2.47. The minimum atomic E-state index is -1.36. The van der Waals surface area contributed by atoms with Gasteiger partial charge < -0.3 is 10.2 Å². The van der Waals surface area contributed by atoms with Crippen molar-refractivity contribution < 1.29 is 9.18 Å². The van der Waals surface area contributed by atoms with Gasteiger partial charge in [0.1, 0.15) is 17.3 Å². The van der Waals surface area contributed by atoms with E-state index < -0.39 is 5.67 Å². The molecule has 0 radical (unpaired) electrons. The van der Waals surface area contributed by atoms with Crippen LogP contribution in [0.1, 0.15) is 34.7 Å². The summed E-state index contributed by atoms with van der Waals surface area (Å²) >= 11 is 3.31. The Bertz CT molecular complexity index is 788. The van der Waals surface area contributed by atoms with E-state index in [2.05, 4.69) is 36.2 Å². The molecule has 0 saturated carbocycles. The lowest BCUT2D eigenvalue weighted by Gasteiger charge is -2.36. The van der Waals surface area contributed by atoms with E-state index in [1.54, 1.807) is 23.2 Å². The monoisotopic (exact) mass is 421 g/mol. The van der Waals surface area contributed by atoms with Crippen molar-refractivity contribution in [3.63, 3.8) is 0 Å². The smallest absolute Gasteiger partial charge is 0.255 e. The molecule has 1 aliphatic heterocycles. The molecule has 26 heavy (non-hydrogen) atoms. The number of aromatic nitrogens is 3. The van der Waals surface area contributed by atoms with Gasteiger partial charge in [0.25, 0.3) is 5.91 Å². The number of halogens is 2. The highest BCUT2D eigenvalue weighted by molar-refractivity contribution is 9.10. The molecule has 3 rings (SSSR count). The van der Waals surface area contributed by atoms with E-state index in [4.69, 9.17) is 0 Å². The fraction of sp³-hybridized carbons (Fsp3) is 0.444. The van der Waals surface area contributed by atoms with E-state index in [1.165, 1.54) is 6.20 Å². The van der Waals surface area contributed by atoms with Gasteiger partial charge in [-0.15, -0.1) is 0 Å². The molecule has 1 aliphatic rings. The maximum atomic E-state index is 15.1. The first-order valence-electron chi connectivity index (χ1n) is 8.50. The van der Waals surface area contributed by atoms with Crippen LogP contribution in [0.3, 0.4) is 0 Å². The molecular weight excluding hydrogens is 401 g/mol. The summed E-state index contributed by atoms with van der Waals surface area (Å²) in [5.74, 6) is 1.17. The number of aryl methyl sites for hydroxylation is 2. The zero-order valence-electron chi connectivity index (χ0n) is 14.8. The first kappa shape index (κ1) is 18.7. The predicted molar refractivity (Wildman–Crippen MR) is 101 cm³/mol. The number of pyridine rings is 1. The summed E-state index contributed by atoms with van der Waals surface area (Å²) in [7, 11) is 0. The molecule has 0 bridgehead atoms. The van der Waals surface area contributed by atoms with Crippen LogP contribution in [0.15, 0.2) is 29.0 Å². The number of likely N-dealkylation sites (tertiary alicyclic amines) is 1. The first-order valence-corrected chi connectivity index (χ1v) is 9.29. The molecule has 1 amide bonds. The number of carbonyl (C=O) groups is 1. The highest BCUT2D eigenvalue weighted by Crippen LogP contribution is 2.28.